The maximum absolute atomic E-state index is 12.3. The molecule has 0 saturated heterocycles. The summed E-state index contributed by atoms with van der Waals surface area (Å²) in [6, 6.07) is 12.7. The minimum atomic E-state index is -0.552. The first-order valence-electron chi connectivity index (χ1n) is 8.94. The van der Waals surface area contributed by atoms with Gasteiger partial charge in [-0.2, -0.15) is 0 Å². The number of methoxy groups -OCH3 is 1. The summed E-state index contributed by atoms with van der Waals surface area (Å²) in [5.41, 5.74) is 0.396. The maximum atomic E-state index is 12.3. The number of rotatable bonds is 8. The third kappa shape index (κ3) is 6.30. The minimum absolute atomic E-state index is 0.0361. The van der Waals surface area contributed by atoms with Crippen molar-refractivity contribution in [1.82, 2.24) is 5.32 Å². The van der Waals surface area contributed by atoms with Crippen LogP contribution in [-0.4, -0.2) is 25.5 Å². The van der Waals surface area contributed by atoms with Crippen LogP contribution in [0.25, 0.3) is 0 Å². The third-order valence-corrected chi connectivity index (χ3v) is 4.76. The number of hydrogen-bond donors (Lipinski definition) is 2. The first-order valence-corrected chi connectivity index (χ1v) is 10.1. The molecule has 2 aromatic carbocycles. The van der Waals surface area contributed by atoms with E-state index in [0.29, 0.717) is 38.0 Å². The number of ether oxygens (including phenoxy) is 2. The third-order valence-electron chi connectivity index (χ3n) is 3.99. The second-order valence-corrected chi connectivity index (χ2v) is 7.48. The molecule has 0 aliphatic carbocycles. The molecule has 0 radical (unpaired) electrons. The second-order valence-electron chi connectivity index (χ2n) is 6.20. The maximum Gasteiger partial charge on any atom is 0.287 e. The molecule has 162 valence electrons. The van der Waals surface area contributed by atoms with Gasteiger partial charge >= 0.3 is 0 Å². The lowest BCUT2D eigenvalue weighted by Gasteiger charge is -2.10. The van der Waals surface area contributed by atoms with Crippen LogP contribution >= 0.6 is 34.8 Å². The number of anilines is 1. The predicted molar refractivity (Wildman–Crippen MR) is 118 cm³/mol. The Kier molecular flexibility index (Phi) is 7.68. The van der Waals surface area contributed by atoms with E-state index in [1.165, 1.54) is 13.2 Å². The summed E-state index contributed by atoms with van der Waals surface area (Å²) in [5.74, 6) is 0.311. The zero-order valence-electron chi connectivity index (χ0n) is 16.2. The van der Waals surface area contributed by atoms with Gasteiger partial charge in [0.2, 0.25) is 5.91 Å². The van der Waals surface area contributed by atoms with Gasteiger partial charge in [0.25, 0.3) is 5.91 Å². The summed E-state index contributed by atoms with van der Waals surface area (Å²) < 4.78 is 16.2. The molecule has 0 aliphatic heterocycles. The Morgan fingerprint density at radius 1 is 0.968 bits per heavy atom. The Balaban J connectivity index is 1.51. The molecule has 0 fully saturated rings. The van der Waals surface area contributed by atoms with Gasteiger partial charge in [0.05, 0.1) is 24.4 Å². The molecule has 0 bridgehead atoms. The zero-order chi connectivity index (χ0) is 22.4. The van der Waals surface area contributed by atoms with Crippen LogP contribution in [-0.2, 0) is 11.4 Å². The molecule has 3 rings (SSSR count). The van der Waals surface area contributed by atoms with Crippen LogP contribution < -0.4 is 20.1 Å². The molecule has 1 heterocycles. The Hall–Kier alpha value is -2.87. The van der Waals surface area contributed by atoms with Crippen molar-refractivity contribution in [3.63, 3.8) is 0 Å². The smallest absolute Gasteiger partial charge is 0.287 e. The number of carbonyl (C=O) groups is 2. The van der Waals surface area contributed by atoms with Crippen molar-refractivity contribution < 1.29 is 23.5 Å². The average molecular weight is 484 g/mol. The molecule has 2 amide bonds. The van der Waals surface area contributed by atoms with Crippen molar-refractivity contribution >= 4 is 52.3 Å². The lowest BCUT2D eigenvalue weighted by atomic mass is 10.3. The number of amides is 2. The Morgan fingerprint density at radius 2 is 1.68 bits per heavy atom. The SMILES string of the molecule is COc1ccc(Cl)cc1NC(=O)CNC(=O)c1ccc(COc2ccc(Cl)cc2Cl)o1. The van der Waals surface area contributed by atoms with Crippen LogP contribution in [0, 0.1) is 0 Å². The number of nitrogens with one attached hydrogen (secondary N) is 2. The molecule has 10 heteroatoms. The normalized spacial score (nSPS) is 10.5. The average Bonchev–Trinajstić information content (AvgIpc) is 3.21. The van der Waals surface area contributed by atoms with E-state index in [2.05, 4.69) is 10.6 Å². The lowest BCUT2D eigenvalue weighted by Crippen LogP contribution is -2.32. The van der Waals surface area contributed by atoms with Gasteiger partial charge in [-0.1, -0.05) is 34.8 Å². The summed E-state index contributed by atoms with van der Waals surface area (Å²) in [7, 11) is 1.47. The van der Waals surface area contributed by atoms with Crippen LogP contribution in [0.15, 0.2) is 52.9 Å². The van der Waals surface area contributed by atoms with Gasteiger partial charge in [-0.3, -0.25) is 9.59 Å². The molecule has 0 spiro atoms. The lowest BCUT2D eigenvalue weighted by molar-refractivity contribution is -0.115. The number of furan rings is 1. The van der Waals surface area contributed by atoms with Crippen LogP contribution in [0.4, 0.5) is 5.69 Å². The fraction of sp³-hybridized carbons (Fsp3) is 0.143. The van der Waals surface area contributed by atoms with E-state index in [4.69, 9.17) is 48.7 Å². The van der Waals surface area contributed by atoms with Crippen molar-refractivity contribution in [1.29, 1.82) is 0 Å². The fourth-order valence-electron chi connectivity index (χ4n) is 2.54. The van der Waals surface area contributed by atoms with Crippen LogP contribution in [0.1, 0.15) is 16.3 Å². The predicted octanol–water partition coefficient (Wildman–Crippen LogP) is 5.20. The second kappa shape index (κ2) is 10.4. The van der Waals surface area contributed by atoms with Gasteiger partial charge in [0, 0.05) is 10.0 Å². The molecule has 0 unspecified atom stereocenters. The monoisotopic (exact) mass is 482 g/mol. The van der Waals surface area contributed by atoms with E-state index in [9.17, 15) is 9.59 Å². The zero-order valence-corrected chi connectivity index (χ0v) is 18.5. The van der Waals surface area contributed by atoms with Crippen molar-refractivity contribution in [2.45, 2.75) is 6.61 Å². The Bertz CT molecular complexity index is 1100. The number of carbonyl (C=O) groups excluding carboxylic acids is 2. The Labute approximate surface area is 193 Å². The van der Waals surface area contributed by atoms with E-state index in [1.54, 1.807) is 42.5 Å². The van der Waals surface area contributed by atoms with E-state index < -0.39 is 11.8 Å². The summed E-state index contributed by atoms with van der Waals surface area (Å²) in [6.45, 7) is -0.217. The highest BCUT2D eigenvalue weighted by atomic mass is 35.5. The van der Waals surface area contributed by atoms with Crippen LogP contribution in [0.2, 0.25) is 15.1 Å². The topological polar surface area (TPSA) is 89.8 Å². The van der Waals surface area contributed by atoms with Gasteiger partial charge in [-0.15, -0.1) is 0 Å². The Morgan fingerprint density at radius 3 is 2.39 bits per heavy atom. The summed E-state index contributed by atoms with van der Waals surface area (Å²) >= 11 is 17.8. The van der Waals surface area contributed by atoms with Crippen molar-refractivity contribution in [3.05, 3.63) is 75.1 Å². The molecule has 3 aromatic rings. The highest BCUT2D eigenvalue weighted by Gasteiger charge is 2.14. The molecule has 1 aromatic heterocycles. The van der Waals surface area contributed by atoms with Gasteiger partial charge in [-0.05, 0) is 48.5 Å². The molecular weight excluding hydrogens is 467 g/mol. The van der Waals surface area contributed by atoms with Gasteiger partial charge in [0.1, 0.15) is 23.9 Å². The highest BCUT2D eigenvalue weighted by Crippen LogP contribution is 2.29. The summed E-state index contributed by atoms with van der Waals surface area (Å²) in [6.07, 6.45) is 0. The fourth-order valence-corrected chi connectivity index (χ4v) is 3.17. The number of benzene rings is 2. The van der Waals surface area contributed by atoms with E-state index in [0.717, 1.165) is 0 Å². The van der Waals surface area contributed by atoms with Crippen molar-refractivity contribution in [2.75, 3.05) is 19.0 Å². The van der Waals surface area contributed by atoms with E-state index >= 15 is 0 Å². The summed E-state index contributed by atoms with van der Waals surface area (Å²) in [5, 5.41) is 6.39. The minimum Gasteiger partial charge on any atom is -0.495 e. The molecule has 2 N–H and O–H groups in total. The largest absolute Gasteiger partial charge is 0.495 e. The summed E-state index contributed by atoms with van der Waals surface area (Å²) in [4.78, 5) is 24.4. The van der Waals surface area contributed by atoms with Gasteiger partial charge in [-0.25, -0.2) is 0 Å². The first kappa shape index (κ1) is 22.8. The van der Waals surface area contributed by atoms with Crippen LogP contribution in [0.3, 0.4) is 0 Å². The van der Waals surface area contributed by atoms with E-state index in [-0.39, 0.29) is 18.9 Å². The van der Waals surface area contributed by atoms with Gasteiger partial charge in [0.15, 0.2) is 5.76 Å². The molecule has 0 saturated carbocycles. The molecule has 0 atom stereocenters. The van der Waals surface area contributed by atoms with E-state index in [1.807, 2.05) is 0 Å². The molecule has 0 aliphatic rings. The molecule has 7 nitrogen and oxygen atoms in total. The van der Waals surface area contributed by atoms with Crippen LogP contribution in [0.5, 0.6) is 11.5 Å². The number of hydrogen-bond acceptors (Lipinski definition) is 5. The van der Waals surface area contributed by atoms with Crippen molar-refractivity contribution in [3.8, 4) is 11.5 Å². The van der Waals surface area contributed by atoms with Gasteiger partial charge < -0.3 is 24.5 Å². The quantitative estimate of drug-likeness (QED) is 0.460. The molecule has 31 heavy (non-hydrogen) atoms. The highest BCUT2D eigenvalue weighted by molar-refractivity contribution is 6.35. The number of halogens is 3. The molecular formula is C21H17Cl3N2O5. The standard InChI is InChI=1S/C21H17Cl3N2O5/c1-29-18-6-3-13(23)9-16(18)26-20(27)10-25-21(28)19-7-4-14(31-19)11-30-17-5-2-12(22)8-15(17)24/h2-9H,10-11H2,1H3,(H,25,28)(H,26,27). The first-order chi connectivity index (χ1) is 14.9. The van der Waals surface area contributed by atoms with Crippen molar-refractivity contribution in [2.24, 2.45) is 0 Å².